The molecule has 1 saturated heterocycles. The fraction of sp³-hybridized carbons (Fsp3) is 0.706. The molecular weight excluding hydrogens is 280 g/mol. The van der Waals surface area contributed by atoms with E-state index >= 15 is 0 Å². The summed E-state index contributed by atoms with van der Waals surface area (Å²) in [5.41, 5.74) is 0.913. The van der Waals surface area contributed by atoms with Gasteiger partial charge in [0.05, 0.1) is 12.7 Å². The first-order valence-electron chi connectivity index (χ1n) is 8.19. The summed E-state index contributed by atoms with van der Waals surface area (Å²) in [7, 11) is 2.14. The molecule has 22 heavy (non-hydrogen) atoms. The average Bonchev–Trinajstić information content (AvgIpc) is 3.21. The number of furan rings is 1. The van der Waals surface area contributed by atoms with Gasteiger partial charge in [-0.2, -0.15) is 0 Å². The predicted molar refractivity (Wildman–Crippen MR) is 84.0 cm³/mol. The highest BCUT2D eigenvalue weighted by Crippen LogP contribution is 2.29. The van der Waals surface area contributed by atoms with Crippen LogP contribution >= 0.6 is 0 Å². The number of rotatable bonds is 5. The Morgan fingerprint density at radius 1 is 1.36 bits per heavy atom. The molecule has 0 spiro atoms. The molecule has 1 aliphatic carbocycles. The lowest BCUT2D eigenvalue weighted by molar-refractivity contribution is -0.0342. The number of aryl methyl sites for hydroxylation is 2. The maximum absolute atomic E-state index is 12.6. The number of carbonyl (C=O) groups is 1. The third-order valence-corrected chi connectivity index (χ3v) is 4.44. The zero-order valence-corrected chi connectivity index (χ0v) is 13.8. The highest BCUT2D eigenvalue weighted by Gasteiger charge is 2.29. The van der Waals surface area contributed by atoms with Gasteiger partial charge < -0.3 is 19.0 Å². The van der Waals surface area contributed by atoms with Gasteiger partial charge in [-0.05, 0) is 45.7 Å². The molecule has 0 N–H and O–H groups in total. The number of amides is 1. The number of carbonyl (C=O) groups excluding carboxylic acids is 1. The van der Waals surface area contributed by atoms with Gasteiger partial charge in [0.25, 0.3) is 5.91 Å². The van der Waals surface area contributed by atoms with Gasteiger partial charge in [-0.25, -0.2) is 0 Å². The van der Waals surface area contributed by atoms with Crippen LogP contribution in [0.15, 0.2) is 10.5 Å². The Morgan fingerprint density at radius 2 is 2.14 bits per heavy atom. The van der Waals surface area contributed by atoms with Crippen molar-refractivity contribution in [2.45, 2.75) is 32.8 Å². The van der Waals surface area contributed by atoms with E-state index in [4.69, 9.17) is 9.15 Å². The molecular formula is C17H26N2O3. The van der Waals surface area contributed by atoms with Crippen molar-refractivity contribution in [1.29, 1.82) is 0 Å². The van der Waals surface area contributed by atoms with Crippen LogP contribution in [-0.2, 0) is 4.74 Å². The Labute approximate surface area is 132 Å². The van der Waals surface area contributed by atoms with Crippen LogP contribution in [0.25, 0.3) is 0 Å². The minimum Gasteiger partial charge on any atom is -0.456 e. The fourth-order valence-corrected chi connectivity index (χ4v) is 3.17. The molecule has 1 unspecified atom stereocenters. The Hall–Kier alpha value is -1.33. The third-order valence-electron chi connectivity index (χ3n) is 4.44. The van der Waals surface area contributed by atoms with Gasteiger partial charge >= 0.3 is 0 Å². The normalized spacial score (nSPS) is 22.4. The summed E-state index contributed by atoms with van der Waals surface area (Å²) < 4.78 is 11.4. The summed E-state index contributed by atoms with van der Waals surface area (Å²) in [6.07, 6.45) is 2.81. The molecule has 5 nitrogen and oxygen atoms in total. The maximum Gasteiger partial charge on any atom is 0.290 e. The highest BCUT2D eigenvalue weighted by atomic mass is 16.5. The van der Waals surface area contributed by atoms with E-state index in [2.05, 4.69) is 11.9 Å². The summed E-state index contributed by atoms with van der Waals surface area (Å²) in [5.74, 6) is 2.13. The molecule has 1 amide bonds. The number of ether oxygens (including phenoxy) is 1. The standard InChI is InChI=1S/C17H26N2O3/c1-12-8-13(2)22-16(12)17(20)19-6-7-21-15(11-19)10-18(3)9-14-4-5-14/h8,14-15H,4-7,9-11H2,1-3H3. The lowest BCUT2D eigenvalue weighted by atomic mass is 10.2. The second-order valence-electron chi connectivity index (χ2n) is 6.78. The van der Waals surface area contributed by atoms with E-state index in [0.29, 0.717) is 25.5 Å². The molecule has 1 atom stereocenters. The van der Waals surface area contributed by atoms with E-state index in [1.807, 2.05) is 24.8 Å². The van der Waals surface area contributed by atoms with E-state index in [9.17, 15) is 4.79 Å². The molecule has 1 aromatic heterocycles. The van der Waals surface area contributed by atoms with Crippen LogP contribution in [0.2, 0.25) is 0 Å². The van der Waals surface area contributed by atoms with E-state index in [-0.39, 0.29) is 12.0 Å². The van der Waals surface area contributed by atoms with Crippen molar-refractivity contribution < 1.29 is 13.9 Å². The number of nitrogens with zero attached hydrogens (tertiary/aromatic N) is 2. The van der Waals surface area contributed by atoms with E-state index in [1.165, 1.54) is 12.8 Å². The quantitative estimate of drug-likeness (QED) is 0.835. The van der Waals surface area contributed by atoms with Gasteiger partial charge in [-0.1, -0.05) is 0 Å². The largest absolute Gasteiger partial charge is 0.456 e. The van der Waals surface area contributed by atoms with Crippen molar-refractivity contribution in [2.75, 3.05) is 39.8 Å². The van der Waals surface area contributed by atoms with Gasteiger partial charge in [0, 0.05) is 31.7 Å². The van der Waals surface area contributed by atoms with Crippen LogP contribution in [0.3, 0.4) is 0 Å². The maximum atomic E-state index is 12.6. The SMILES string of the molecule is Cc1cc(C)c(C(=O)N2CCOC(CN(C)CC3CC3)C2)o1. The molecule has 2 heterocycles. The number of hydrogen-bond acceptors (Lipinski definition) is 4. The first-order chi connectivity index (χ1) is 10.5. The van der Waals surface area contributed by atoms with Crippen molar-refractivity contribution in [2.24, 2.45) is 5.92 Å². The molecule has 2 aliphatic rings. The van der Waals surface area contributed by atoms with E-state index < -0.39 is 0 Å². The molecule has 1 saturated carbocycles. The zero-order valence-electron chi connectivity index (χ0n) is 13.8. The lowest BCUT2D eigenvalue weighted by Crippen LogP contribution is -2.49. The molecule has 0 aromatic carbocycles. The molecule has 5 heteroatoms. The Kier molecular flexibility index (Phi) is 4.54. The van der Waals surface area contributed by atoms with Crippen molar-refractivity contribution >= 4 is 5.91 Å². The molecule has 3 rings (SSSR count). The zero-order chi connectivity index (χ0) is 15.7. The smallest absolute Gasteiger partial charge is 0.290 e. The van der Waals surface area contributed by atoms with Gasteiger partial charge in [0.15, 0.2) is 5.76 Å². The number of hydrogen-bond donors (Lipinski definition) is 0. The summed E-state index contributed by atoms with van der Waals surface area (Å²) in [6, 6.07) is 1.91. The van der Waals surface area contributed by atoms with Crippen LogP contribution < -0.4 is 0 Å². The molecule has 1 aliphatic heterocycles. The Morgan fingerprint density at radius 3 is 2.77 bits per heavy atom. The van der Waals surface area contributed by atoms with Gasteiger partial charge in [-0.15, -0.1) is 0 Å². The van der Waals surface area contributed by atoms with Crippen LogP contribution in [0.4, 0.5) is 0 Å². The highest BCUT2D eigenvalue weighted by molar-refractivity contribution is 5.93. The Balaban J connectivity index is 1.57. The molecule has 0 radical (unpaired) electrons. The second kappa shape index (κ2) is 6.42. The monoisotopic (exact) mass is 306 g/mol. The minimum absolute atomic E-state index is 0.0104. The first kappa shape index (κ1) is 15.6. The van der Waals surface area contributed by atoms with Gasteiger partial charge in [-0.3, -0.25) is 4.79 Å². The summed E-state index contributed by atoms with van der Waals surface area (Å²) in [6.45, 7) is 7.71. The second-order valence-corrected chi connectivity index (χ2v) is 6.78. The summed E-state index contributed by atoms with van der Waals surface area (Å²) in [5, 5.41) is 0. The molecule has 122 valence electrons. The van der Waals surface area contributed by atoms with Crippen molar-refractivity contribution in [3.63, 3.8) is 0 Å². The van der Waals surface area contributed by atoms with Crippen molar-refractivity contribution in [1.82, 2.24) is 9.80 Å². The molecule has 0 bridgehead atoms. The van der Waals surface area contributed by atoms with Crippen LogP contribution in [0.5, 0.6) is 0 Å². The average molecular weight is 306 g/mol. The van der Waals surface area contributed by atoms with Gasteiger partial charge in [0.1, 0.15) is 5.76 Å². The van der Waals surface area contributed by atoms with Crippen LogP contribution in [0, 0.1) is 19.8 Å². The van der Waals surface area contributed by atoms with Crippen molar-refractivity contribution in [3.8, 4) is 0 Å². The molecule has 1 aromatic rings. The molecule has 2 fully saturated rings. The minimum atomic E-state index is -0.0104. The number of morpholine rings is 1. The lowest BCUT2D eigenvalue weighted by Gasteiger charge is -2.34. The fourth-order valence-electron chi connectivity index (χ4n) is 3.17. The Bertz CT molecular complexity index is 536. The van der Waals surface area contributed by atoms with Crippen molar-refractivity contribution in [3.05, 3.63) is 23.2 Å². The van der Waals surface area contributed by atoms with Crippen LogP contribution in [-0.4, -0.2) is 61.6 Å². The number of likely N-dealkylation sites (N-methyl/N-ethyl adjacent to an activating group) is 1. The third kappa shape index (κ3) is 3.70. The summed E-state index contributed by atoms with van der Waals surface area (Å²) >= 11 is 0. The topological polar surface area (TPSA) is 45.9 Å². The first-order valence-corrected chi connectivity index (χ1v) is 8.19. The summed E-state index contributed by atoms with van der Waals surface area (Å²) in [4.78, 5) is 16.8. The predicted octanol–water partition coefficient (Wildman–Crippen LogP) is 2.08. The van der Waals surface area contributed by atoms with Gasteiger partial charge in [0.2, 0.25) is 0 Å². The van der Waals surface area contributed by atoms with E-state index in [0.717, 1.165) is 30.3 Å². The van der Waals surface area contributed by atoms with Crippen LogP contribution in [0.1, 0.15) is 34.7 Å². The van der Waals surface area contributed by atoms with E-state index in [1.54, 1.807) is 0 Å².